The fraction of sp³-hybridized carbons (Fsp3) is 0.235. The molecule has 22 heavy (non-hydrogen) atoms. The van der Waals surface area contributed by atoms with Crippen molar-refractivity contribution in [1.29, 1.82) is 0 Å². The molecule has 114 valence electrons. The Morgan fingerprint density at radius 2 is 1.68 bits per heavy atom. The number of fused-ring (bicyclic) bond motifs is 1. The van der Waals surface area contributed by atoms with Gasteiger partial charge in [0.05, 0.1) is 16.2 Å². The molecule has 2 aromatic rings. The van der Waals surface area contributed by atoms with Crippen molar-refractivity contribution in [3.8, 4) is 0 Å². The van der Waals surface area contributed by atoms with Crippen LogP contribution in [-0.4, -0.2) is 26.2 Å². The van der Waals surface area contributed by atoms with Crippen LogP contribution >= 0.6 is 0 Å². The number of hydrogen-bond donors (Lipinski definition) is 0. The SMILES string of the molecule is O=C(OC1CCc2ccccc2S(=O)(=O)C1)c1ccccc1. The Morgan fingerprint density at radius 1 is 1.00 bits per heavy atom. The summed E-state index contributed by atoms with van der Waals surface area (Å²) in [7, 11) is -3.43. The molecular weight excluding hydrogens is 300 g/mol. The number of ether oxygens (including phenoxy) is 1. The number of sulfone groups is 1. The van der Waals surface area contributed by atoms with E-state index < -0.39 is 21.9 Å². The van der Waals surface area contributed by atoms with E-state index in [0.717, 1.165) is 5.56 Å². The van der Waals surface area contributed by atoms with Crippen LogP contribution < -0.4 is 0 Å². The summed E-state index contributed by atoms with van der Waals surface area (Å²) in [6, 6.07) is 15.6. The second kappa shape index (κ2) is 5.93. The molecule has 1 aliphatic rings. The standard InChI is InChI=1S/C17H16O4S/c18-17(14-7-2-1-3-8-14)21-15-11-10-13-6-4-5-9-16(13)22(19,20)12-15/h1-9,15H,10-12H2. The van der Waals surface area contributed by atoms with Gasteiger partial charge in [-0.1, -0.05) is 36.4 Å². The predicted molar refractivity (Wildman–Crippen MR) is 82.5 cm³/mol. The molecule has 1 atom stereocenters. The van der Waals surface area contributed by atoms with E-state index in [1.807, 2.05) is 18.2 Å². The molecule has 0 bridgehead atoms. The maximum atomic E-state index is 12.4. The number of rotatable bonds is 2. The van der Waals surface area contributed by atoms with Gasteiger partial charge in [-0.05, 0) is 36.6 Å². The molecule has 0 saturated heterocycles. The number of esters is 1. The van der Waals surface area contributed by atoms with Crippen molar-refractivity contribution in [1.82, 2.24) is 0 Å². The minimum absolute atomic E-state index is 0.164. The smallest absolute Gasteiger partial charge is 0.338 e. The van der Waals surface area contributed by atoms with Crippen molar-refractivity contribution in [2.75, 3.05) is 5.75 Å². The molecule has 0 saturated carbocycles. The third-order valence-electron chi connectivity index (χ3n) is 3.73. The second-order valence-electron chi connectivity index (χ2n) is 5.32. The Morgan fingerprint density at radius 3 is 2.45 bits per heavy atom. The van der Waals surface area contributed by atoms with Gasteiger partial charge in [0.15, 0.2) is 9.84 Å². The van der Waals surface area contributed by atoms with Crippen LogP contribution in [0.1, 0.15) is 22.3 Å². The van der Waals surface area contributed by atoms with E-state index in [1.54, 1.807) is 36.4 Å². The normalized spacial score (nSPS) is 19.7. The van der Waals surface area contributed by atoms with E-state index in [0.29, 0.717) is 23.3 Å². The van der Waals surface area contributed by atoms with Crippen LogP contribution in [-0.2, 0) is 21.0 Å². The Hall–Kier alpha value is -2.14. The van der Waals surface area contributed by atoms with Crippen LogP contribution in [0.25, 0.3) is 0 Å². The van der Waals surface area contributed by atoms with Crippen LogP contribution in [0.5, 0.6) is 0 Å². The van der Waals surface area contributed by atoms with E-state index >= 15 is 0 Å². The van der Waals surface area contributed by atoms with Crippen molar-refractivity contribution in [2.45, 2.75) is 23.8 Å². The van der Waals surface area contributed by atoms with Crippen LogP contribution in [0.3, 0.4) is 0 Å². The zero-order valence-corrected chi connectivity index (χ0v) is 12.8. The largest absolute Gasteiger partial charge is 0.458 e. The molecular formula is C17H16O4S. The van der Waals surface area contributed by atoms with Gasteiger partial charge in [-0.3, -0.25) is 0 Å². The summed E-state index contributed by atoms with van der Waals surface area (Å²) in [5, 5.41) is 0. The molecule has 0 spiro atoms. The lowest BCUT2D eigenvalue weighted by Crippen LogP contribution is -2.25. The molecule has 2 aromatic carbocycles. The molecule has 0 radical (unpaired) electrons. The third-order valence-corrected chi connectivity index (χ3v) is 5.61. The third kappa shape index (κ3) is 3.04. The minimum Gasteiger partial charge on any atom is -0.458 e. The van der Waals surface area contributed by atoms with Crippen molar-refractivity contribution in [3.63, 3.8) is 0 Å². The fourth-order valence-electron chi connectivity index (χ4n) is 2.63. The Labute approximate surface area is 129 Å². The van der Waals surface area contributed by atoms with Gasteiger partial charge in [0, 0.05) is 0 Å². The fourth-order valence-corrected chi connectivity index (χ4v) is 4.39. The van der Waals surface area contributed by atoms with Crippen molar-refractivity contribution in [3.05, 3.63) is 65.7 Å². The summed E-state index contributed by atoms with van der Waals surface area (Å²) in [5.74, 6) is -0.644. The van der Waals surface area contributed by atoms with Gasteiger partial charge < -0.3 is 4.74 Å². The lowest BCUT2D eigenvalue weighted by molar-refractivity contribution is 0.0334. The molecule has 4 nitrogen and oxygen atoms in total. The summed E-state index contributed by atoms with van der Waals surface area (Å²) in [6.07, 6.45) is 0.474. The monoisotopic (exact) mass is 316 g/mol. The van der Waals surface area contributed by atoms with E-state index in [4.69, 9.17) is 4.74 Å². The van der Waals surface area contributed by atoms with Gasteiger partial charge in [-0.15, -0.1) is 0 Å². The summed E-state index contributed by atoms with van der Waals surface area (Å²) in [4.78, 5) is 12.4. The van der Waals surface area contributed by atoms with Gasteiger partial charge in [-0.25, -0.2) is 13.2 Å². The highest BCUT2D eigenvalue weighted by Crippen LogP contribution is 2.25. The topological polar surface area (TPSA) is 60.4 Å². The van der Waals surface area contributed by atoms with E-state index in [1.165, 1.54) is 0 Å². The Bertz CT molecular complexity index is 781. The van der Waals surface area contributed by atoms with Crippen LogP contribution in [0.15, 0.2) is 59.5 Å². The first kappa shape index (κ1) is 14.8. The molecule has 0 N–H and O–H groups in total. The van der Waals surface area contributed by atoms with Gasteiger partial charge in [0.1, 0.15) is 6.10 Å². The lowest BCUT2D eigenvalue weighted by Gasteiger charge is -2.15. The first-order valence-corrected chi connectivity index (χ1v) is 8.78. The highest BCUT2D eigenvalue weighted by molar-refractivity contribution is 7.91. The molecule has 1 heterocycles. The van der Waals surface area contributed by atoms with Gasteiger partial charge >= 0.3 is 5.97 Å². The van der Waals surface area contributed by atoms with Gasteiger partial charge in [-0.2, -0.15) is 0 Å². The average molecular weight is 316 g/mol. The number of aryl methyl sites for hydroxylation is 1. The van der Waals surface area contributed by atoms with Crippen LogP contribution in [0.2, 0.25) is 0 Å². The van der Waals surface area contributed by atoms with Crippen molar-refractivity contribution >= 4 is 15.8 Å². The number of hydrogen-bond acceptors (Lipinski definition) is 4. The quantitative estimate of drug-likeness (QED) is 0.799. The molecule has 3 rings (SSSR count). The maximum absolute atomic E-state index is 12.4. The average Bonchev–Trinajstić information content (AvgIpc) is 2.65. The molecule has 1 aliphatic heterocycles. The zero-order chi connectivity index (χ0) is 15.6. The molecule has 0 fully saturated rings. The summed E-state index contributed by atoms with van der Waals surface area (Å²) in [5.41, 5.74) is 1.22. The van der Waals surface area contributed by atoms with E-state index in [9.17, 15) is 13.2 Å². The van der Waals surface area contributed by atoms with Crippen LogP contribution in [0, 0.1) is 0 Å². The molecule has 5 heteroatoms. The summed E-state index contributed by atoms with van der Waals surface area (Å²) in [6.45, 7) is 0. The van der Waals surface area contributed by atoms with Crippen LogP contribution in [0.4, 0.5) is 0 Å². The lowest BCUT2D eigenvalue weighted by atomic mass is 10.1. The number of carbonyl (C=O) groups excluding carboxylic acids is 1. The van der Waals surface area contributed by atoms with Crippen molar-refractivity contribution < 1.29 is 17.9 Å². The second-order valence-corrected chi connectivity index (χ2v) is 7.32. The number of carbonyl (C=O) groups is 1. The van der Waals surface area contributed by atoms with Crippen molar-refractivity contribution in [2.24, 2.45) is 0 Å². The molecule has 0 aliphatic carbocycles. The van der Waals surface area contributed by atoms with E-state index in [2.05, 4.69) is 0 Å². The Balaban J connectivity index is 1.80. The first-order chi connectivity index (χ1) is 10.6. The Kier molecular flexibility index (Phi) is 3.98. The van der Waals surface area contributed by atoms with Gasteiger partial charge in [0.2, 0.25) is 0 Å². The highest BCUT2D eigenvalue weighted by atomic mass is 32.2. The first-order valence-electron chi connectivity index (χ1n) is 7.13. The molecule has 0 aromatic heterocycles. The zero-order valence-electron chi connectivity index (χ0n) is 11.9. The minimum atomic E-state index is -3.43. The predicted octanol–water partition coefficient (Wildman–Crippen LogP) is 2.63. The molecule has 0 amide bonds. The highest BCUT2D eigenvalue weighted by Gasteiger charge is 2.29. The molecule has 1 unspecified atom stereocenters. The van der Waals surface area contributed by atoms with Gasteiger partial charge in [0.25, 0.3) is 0 Å². The summed E-state index contributed by atoms with van der Waals surface area (Å²) >= 11 is 0. The van der Waals surface area contributed by atoms with E-state index in [-0.39, 0.29) is 5.75 Å². The maximum Gasteiger partial charge on any atom is 0.338 e. The number of benzene rings is 2. The summed E-state index contributed by atoms with van der Waals surface area (Å²) < 4.78 is 30.3.